The number of hydrogen-bond acceptors (Lipinski definition) is 1. The number of rotatable bonds is 3. The Morgan fingerprint density at radius 3 is 1.76 bits per heavy atom. The quantitative estimate of drug-likeness (QED) is 0.588. The monoisotopic (exact) mass is 355 g/mol. The Labute approximate surface area is 142 Å². The van der Waals surface area contributed by atoms with Gasteiger partial charge in [-0.2, -0.15) is 0 Å². The van der Waals surface area contributed by atoms with E-state index in [1.807, 2.05) is 0 Å². The van der Waals surface area contributed by atoms with E-state index in [0.29, 0.717) is 30.2 Å². The van der Waals surface area contributed by atoms with Gasteiger partial charge >= 0.3 is 0 Å². The highest BCUT2D eigenvalue weighted by Gasteiger charge is 2.24. The van der Waals surface area contributed by atoms with Crippen LogP contribution in [-0.4, -0.2) is 6.54 Å². The van der Waals surface area contributed by atoms with E-state index < -0.39 is 34.6 Å². The molecule has 0 aliphatic heterocycles. The molecular weight excluding hydrogens is 337 g/mol. The van der Waals surface area contributed by atoms with Crippen molar-refractivity contribution in [2.45, 2.75) is 31.6 Å². The molecule has 1 fully saturated rings. The molecular formula is C19H18F5N. The lowest BCUT2D eigenvalue weighted by molar-refractivity contribution is 0.332. The summed E-state index contributed by atoms with van der Waals surface area (Å²) in [4.78, 5) is 0. The summed E-state index contributed by atoms with van der Waals surface area (Å²) in [5.74, 6) is -6.01. The van der Waals surface area contributed by atoms with Gasteiger partial charge in [-0.25, -0.2) is 22.0 Å². The standard InChI is InChI=1S/C19H18F5N/c20-14-5-12(11-3-1-10(9-25)2-4-11)6-15(21)18(14)13-7-16(22)19(24)17(23)8-13/h5-8,10-11H,1-4,9,25H2. The lowest BCUT2D eigenvalue weighted by Gasteiger charge is -2.28. The summed E-state index contributed by atoms with van der Waals surface area (Å²) in [5, 5.41) is 0. The molecule has 0 bridgehead atoms. The Balaban J connectivity index is 1.94. The van der Waals surface area contributed by atoms with Gasteiger partial charge in [0.2, 0.25) is 0 Å². The summed E-state index contributed by atoms with van der Waals surface area (Å²) in [6.45, 7) is 0.607. The van der Waals surface area contributed by atoms with Crippen LogP contribution in [0.4, 0.5) is 22.0 Å². The molecule has 0 atom stereocenters. The molecule has 1 aliphatic rings. The van der Waals surface area contributed by atoms with Crippen LogP contribution >= 0.6 is 0 Å². The molecule has 2 aromatic rings. The topological polar surface area (TPSA) is 26.0 Å². The van der Waals surface area contributed by atoms with Crippen LogP contribution in [0, 0.1) is 35.0 Å². The second-order valence-electron chi connectivity index (χ2n) is 6.57. The van der Waals surface area contributed by atoms with Crippen LogP contribution in [0.5, 0.6) is 0 Å². The third kappa shape index (κ3) is 3.54. The molecule has 0 heterocycles. The fraction of sp³-hybridized carbons (Fsp3) is 0.368. The lowest BCUT2D eigenvalue weighted by Crippen LogP contribution is -2.20. The molecule has 0 unspecified atom stereocenters. The SMILES string of the molecule is NCC1CCC(c2cc(F)c(-c3cc(F)c(F)c(F)c3)c(F)c2)CC1. The molecule has 0 spiro atoms. The first-order valence-corrected chi connectivity index (χ1v) is 8.24. The van der Waals surface area contributed by atoms with E-state index in [1.165, 1.54) is 12.1 Å². The summed E-state index contributed by atoms with van der Waals surface area (Å²) in [7, 11) is 0. The van der Waals surface area contributed by atoms with Crippen LogP contribution < -0.4 is 5.73 Å². The van der Waals surface area contributed by atoms with Gasteiger partial charge in [-0.3, -0.25) is 0 Å². The zero-order chi connectivity index (χ0) is 18.1. The third-order valence-corrected chi connectivity index (χ3v) is 4.99. The zero-order valence-corrected chi connectivity index (χ0v) is 13.5. The number of halogens is 5. The lowest BCUT2D eigenvalue weighted by atomic mass is 9.78. The predicted molar refractivity (Wildman–Crippen MR) is 85.4 cm³/mol. The van der Waals surface area contributed by atoms with Gasteiger partial charge in [0.1, 0.15) is 11.6 Å². The molecule has 2 aromatic carbocycles. The van der Waals surface area contributed by atoms with Crippen molar-refractivity contribution in [2.24, 2.45) is 11.7 Å². The second kappa shape index (κ2) is 7.12. The van der Waals surface area contributed by atoms with Crippen LogP contribution in [0.3, 0.4) is 0 Å². The van der Waals surface area contributed by atoms with Crippen LogP contribution in [0.2, 0.25) is 0 Å². The van der Waals surface area contributed by atoms with Crippen molar-refractivity contribution in [3.63, 3.8) is 0 Å². The minimum Gasteiger partial charge on any atom is -0.330 e. The average molecular weight is 355 g/mol. The molecule has 6 heteroatoms. The van der Waals surface area contributed by atoms with Gasteiger partial charge in [-0.05, 0) is 79.5 Å². The third-order valence-electron chi connectivity index (χ3n) is 4.99. The fourth-order valence-corrected chi connectivity index (χ4v) is 3.54. The van der Waals surface area contributed by atoms with Gasteiger partial charge in [0.05, 0.1) is 5.56 Å². The van der Waals surface area contributed by atoms with Crippen molar-refractivity contribution in [3.8, 4) is 11.1 Å². The van der Waals surface area contributed by atoms with Crippen LogP contribution in [0.25, 0.3) is 11.1 Å². The molecule has 2 N–H and O–H groups in total. The van der Waals surface area contributed by atoms with E-state index in [0.717, 1.165) is 25.7 Å². The van der Waals surface area contributed by atoms with Gasteiger partial charge < -0.3 is 5.73 Å². The number of hydrogen-bond donors (Lipinski definition) is 1. The van der Waals surface area contributed by atoms with E-state index in [-0.39, 0.29) is 11.5 Å². The van der Waals surface area contributed by atoms with Crippen molar-refractivity contribution < 1.29 is 22.0 Å². The molecule has 1 saturated carbocycles. The molecule has 0 radical (unpaired) electrons. The van der Waals surface area contributed by atoms with Gasteiger partial charge in [0.25, 0.3) is 0 Å². The molecule has 134 valence electrons. The normalized spacial score (nSPS) is 20.7. The maximum Gasteiger partial charge on any atom is 0.194 e. The van der Waals surface area contributed by atoms with Crippen LogP contribution in [-0.2, 0) is 0 Å². The van der Waals surface area contributed by atoms with E-state index in [2.05, 4.69) is 0 Å². The summed E-state index contributed by atoms with van der Waals surface area (Å²) >= 11 is 0. The van der Waals surface area contributed by atoms with E-state index in [1.54, 1.807) is 0 Å². The molecule has 0 amide bonds. The largest absolute Gasteiger partial charge is 0.330 e. The Morgan fingerprint density at radius 2 is 1.28 bits per heavy atom. The van der Waals surface area contributed by atoms with Crippen molar-refractivity contribution in [2.75, 3.05) is 6.54 Å². The smallest absolute Gasteiger partial charge is 0.194 e. The predicted octanol–water partition coefficient (Wildman–Crippen LogP) is 5.28. The Bertz CT molecular complexity index is 735. The number of nitrogens with two attached hydrogens (primary N) is 1. The summed E-state index contributed by atoms with van der Waals surface area (Å²) < 4.78 is 68.7. The Kier molecular flexibility index (Phi) is 5.08. The maximum atomic E-state index is 14.5. The average Bonchev–Trinajstić information content (AvgIpc) is 2.59. The number of benzene rings is 2. The Morgan fingerprint density at radius 1 is 0.760 bits per heavy atom. The van der Waals surface area contributed by atoms with Crippen molar-refractivity contribution in [1.29, 1.82) is 0 Å². The first-order chi connectivity index (χ1) is 11.9. The van der Waals surface area contributed by atoms with Crippen LogP contribution in [0.15, 0.2) is 24.3 Å². The molecule has 1 nitrogen and oxygen atoms in total. The first-order valence-electron chi connectivity index (χ1n) is 8.24. The van der Waals surface area contributed by atoms with E-state index >= 15 is 0 Å². The minimum absolute atomic E-state index is 0.0301. The van der Waals surface area contributed by atoms with Gasteiger partial charge in [0.15, 0.2) is 17.5 Å². The highest BCUT2D eigenvalue weighted by Crippen LogP contribution is 2.38. The molecule has 25 heavy (non-hydrogen) atoms. The highest BCUT2D eigenvalue weighted by molar-refractivity contribution is 5.65. The molecule has 1 aliphatic carbocycles. The molecule has 3 rings (SSSR count). The van der Waals surface area contributed by atoms with E-state index in [4.69, 9.17) is 5.73 Å². The minimum atomic E-state index is -1.67. The molecule has 0 saturated heterocycles. The second-order valence-corrected chi connectivity index (χ2v) is 6.57. The van der Waals surface area contributed by atoms with Crippen LogP contribution in [0.1, 0.15) is 37.2 Å². The summed E-state index contributed by atoms with van der Waals surface area (Å²) in [5.41, 5.74) is 5.24. The first kappa shape index (κ1) is 17.9. The van der Waals surface area contributed by atoms with Gasteiger partial charge in [-0.1, -0.05) is 0 Å². The van der Waals surface area contributed by atoms with E-state index in [9.17, 15) is 22.0 Å². The maximum absolute atomic E-state index is 14.5. The Hall–Kier alpha value is -1.95. The summed E-state index contributed by atoms with van der Waals surface area (Å²) in [6, 6.07) is 3.58. The van der Waals surface area contributed by atoms with Gasteiger partial charge in [0, 0.05) is 0 Å². The van der Waals surface area contributed by atoms with Crippen molar-refractivity contribution >= 4 is 0 Å². The molecule has 0 aromatic heterocycles. The fourth-order valence-electron chi connectivity index (χ4n) is 3.54. The highest BCUT2D eigenvalue weighted by atomic mass is 19.2. The van der Waals surface area contributed by atoms with Gasteiger partial charge in [-0.15, -0.1) is 0 Å². The summed E-state index contributed by atoms with van der Waals surface area (Å²) in [6.07, 6.45) is 3.39. The zero-order valence-electron chi connectivity index (χ0n) is 13.5. The van der Waals surface area contributed by atoms with Crippen molar-refractivity contribution in [1.82, 2.24) is 0 Å². The van der Waals surface area contributed by atoms with Crippen molar-refractivity contribution in [3.05, 3.63) is 58.9 Å².